The molecule has 0 unspecified atom stereocenters. The van der Waals surface area contributed by atoms with Gasteiger partial charge in [0.1, 0.15) is 0 Å². The summed E-state index contributed by atoms with van der Waals surface area (Å²) >= 11 is 1.90. The average Bonchev–Trinajstić information content (AvgIpc) is 3.65. The van der Waals surface area contributed by atoms with Crippen LogP contribution in [0.3, 0.4) is 0 Å². The number of hydrogen-bond acceptors (Lipinski definition) is 2. The minimum absolute atomic E-state index is 0.106. The molecule has 8 aromatic carbocycles. The zero-order chi connectivity index (χ0) is 32.7. The molecule has 10 rings (SSSR count). The quantitative estimate of drug-likeness (QED) is 0.184. The summed E-state index contributed by atoms with van der Waals surface area (Å²) in [7, 11) is 0. The van der Waals surface area contributed by atoms with Gasteiger partial charge in [-0.3, -0.25) is 0 Å². The van der Waals surface area contributed by atoms with Crippen LogP contribution < -0.4 is 4.90 Å². The van der Waals surface area contributed by atoms with Crippen molar-refractivity contribution in [2.45, 2.75) is 19.3 Å². The summed E-state index contributed by atoms with van der Waals surface area (Å²) in [6.45, 7) is 4.74. The summed E-state index contributed by atoms with van der Waals surface area (Å²) in [5.74, 6) is 0. The van der Waals surface area contributed by atoms with E-state index in [1.54, 1.807) is 0 Å². The minimum Gasteiger partial charge on any atom is -0.309 e. The third-order valence-corrected chi connectivity index (χ3v) is 11.8. The average molecular weight is 644 g/mol. The van der Waals surface area contributed by atoms with E-state index in [9.17, 15) is 0 Å². The first-order valence-corrected chi connectivity index (χ1v) is 17.8. The standard InChI is InChI=1S/C47H33NS/c1-47(2)38-19-9-7-18-36(38)44-39(47)20-11-22-41(44)48(40-21-10-8-16-34(40)33-26-25-30-13-3-4-15-32(30)29-33)42-23-12-24-43-45(42)37-28-27-31-14-5-6-17-35(31)46(37)49-43/h3-29H,1-2H3. The number of rotatable bonds is 4. The number of nitrogens with zero attached hydrogens (tertiary/aromatic N) is 1. The molecule has 0 N–H and O–H groups in total. The van der Waals surface area contributed by atoms with E-state index in [1.807, 2.05) is 11.3 Å². The lowest BCUT2D eigenvalue weighted by Gasteiger charge is -2.31. The van der Waals surface area contributed by atoms with Gasteiger partial charge in [0.15, 0.2) is 0 Å². The van der Waals surface area contributed by atoms with Crippen molar-refractivity contribution in [3.05, 3.63) is 175 Å². The molecule has 0 bridgehead atoms. The van der Waals surface area contributed by atoms with Crippen molar-refractivity contribution in [3.8, 4) is 22.3 Å². The molecule has 0 radical (unpaired) electrons. The lowest BCUT2D eigenvalue weighted by atomic mass is 9.82. The van der Waals surface area contributed by atoms with E-state index in [0.29, 0.717) is 0 Å². The highest BCUT2D eigenvalue weighted by molar-refractivity contribution is 7.26. The van der Waals surface area contributed by atoms with Gasteiger partial charge in [0, 0.05) is 36.7 Å². The van der Waals surface area contributed by atoms with Crippen molar-refractivity contribution in [3.63, 3.8) is 0 Å². The van der Waals surface area contributed by atoms with Crippen molar-refractivity contribution in [2.75, 3.05) is 4.90 Å². The van der Waals surface area contributed by atoms with Gasteiger partial charge in [-0.05, 0) is 74.1 Å². The Morgan fingerprint density at radius 3 is 2.02 bits per heavy atom. The fourth-order valence-corrected chi connectivity index (χ4v) is 9.56. The largest absolute Gasteiger partial charge is 0.309 e. The molecule has 0 amide bonds. The Bertz CT molecular complexity index is 2770. The fraction of sp³-hybridized carbons (Fsp3) is 0.0638. The molecule has 49 heavy (non-hydrogen) atoms. The summed E-state index contributed by atoms with van der Waals surface area (Å²) in [4.78, 5) is 2.56. The monoisotopic (exact) mass is 643 g/mol. The predicted molar refractivity (Wildman–Crippen MR) is 212 cm³/mol. The Morgan fingerprint density at radius 1 is 0.469 bits per heavy atom. The molecule has 0 saturated carbocycles. The third-order valence-electron chi connectivity index (χ3n) is 10.6. The molecule has 1 aliphatic carbocycles. The second-order valence-corrected chi connectivity index (χ2v) is 14.8. The van der Waals surface area contributed by atoms with Gasteiger partial charge in [-0.1, -0.05) is 147 Å². The molecule has 2 heteroatoms. The second kappa shape index (κ2) is 10.7. The van der Waals surface area contributed by atoms with Gasteiger partial charge in [-0.15, -0.1) is 11.3 Å². The zero-order valence-electron chi connectivity index (χ0n) is 27.4. The first kappa shape index (κ1) is 28.3. The topological polar surface area (TPSA) is 3.24 Å². The van der Waals surface area contributed by atoms with Crippen LogP contribution in [-0.2, 0) is 5.41 Å². The predicted octanol–water partition coefficient (Wildman–Crippen LogP) is 13.8. The van der Waals surface area contributed by atoms with E-state index >= 15 is 0 Å². The Kier molecular flexibility index (Phi) is 6.16. The van der Waals surface area contributed by atoms with Crippen LogP contribution in [0.15, 0.2) is 164 Å². The molecular weight excluding hydrogens is 611 g/mol. The number of benzene rings is 8. The van der Waals surface area contributed by atoms with Crippen LogP contribution in [0.2, 0.25) is 0 Å². The summed E-state index contributed by atoms with van der Waals surface area (Å²) in [6.07, 6.45) is 0. The summed E-state index contributed by atoms with van der Waals surface area (Å²) in [5.41, 5.74) is 11.3. The summed E-state index contributed by atoms with van der Waals surface area (Å²) in [6, 6.07) is 60.6. The maximum absolute atomic E-state index is 2.56. The third kappa shape index (κ3) is 4.17. The maximum Gasteiger partial charge on any atom is 0.0555 e. The Hall–Kier alpha value is -5.70. The lowest BCUT2D eigenvalue weighted by Crippen LogP contribution is -2.16. The number of para-hydroxylation sites is 1. The van der Waals surface area contributed by atoms with E-state index in [4.69, 9.17) is 0 Å². The van der Waals surface area contributed by atoms with Gasteiger partial charge in [0.2, 0.25) is 0 Å². The zero-order valence-corrected chi connectivity index (χ0v) is 28.3. The first-order valence-electron chi connectivity index (χ1n) is 17.0. The van der Waals surface area contributed by atoms with Gasteiger partial charge in [0.25, 0.3) is 0 Å². The highest BCUT2D eigenvalue weighted by atomic mass is 32.1. The van der Waals surface area contributed by atoms with Crippen LogP contribution in [-0.4, -0.2) is 0 Å². The molecule has 232 valence electrons. The maximum atomic E-state index is 2.56. The second-order valence-electron chi connectivity index (χ2n) is 13.7. The highest BCUT2D eigenvalue weighted by Gasteiger charge is 2.38. The van der Waals surface area contributed by atoms with Crippen LogP contribution in [0.25, 0.3) is 64.0 Å². The smallest absolute Gasteiger partial charge is 0.0555 e. The van der Waals surface area contributed by atoms with E-state index < -0.39 is 0 Å². The minimum atomic E-state index is -0.106. The molecule has 1 heterocycles. The van der Waals surface area contributed by atoms with Gasteiger partial charge in [-0.2, -0.15) is 0 Å². The van der Waals surface area contributed by atoms with E-state index in [1.165, 1.54) is 92.2 Å². The molecule has 1 aliphatic rings. The Labute approximate surface area is 290 Å². The SMILES string of the molecule is CC1(C)c2ccccc2-c2c(N(c3ccccc3-c3ccc4ccccc4c3)c3cccc4sc5c6ccccc6ccc5c34)cccc21. The van der Waals surface area contributed by atoms with Gasteiger partial charge in [0.05, 0.1) is 17.1 Å². The molecule has 9 aromatic rings. The van der Waals surface area contributed by atoms with Gasteiger partial charge in [-0.25, -0.2) is 0 Å². The van der Waals surface area contributed by atoms with Gasteiger partial charge < -0.3 is 4.90 Å². The molecule has 0 fully saturated rings. The molecule has 0 atom stereocenters. The van der Waals surface area contributed by atoms with Crippen LogP contribution in [0.4, 0.5) is 17.1 Å². The molecular formula is C47H33NS. The molecule has 1 aromatic heterocycles. The first-order chi connectivity index (χ1) is 24.1. The summed E-state index contributed by atoms with van der Waals surface area (Å²) < 4.78 is 2.64. The van der Waals surface area contributed by atoms with Crippen molar-refractivity contribution >= 4 is 70.1 Å². The molecule has 0 spiro atoms. The number of hydrogen-bond donors (Lipinski definition) is 0. The van der Waals surface area contributed by atoms with Gasteiger partial charge >= 0.3 is 0 Å². The normalized spacial score (nSPS) is 13.3. The van der Waals surface area contributed by atoms with Crippen LogP contribution in [0.1, 0.15) is 25.0 Å². The Morgan fingerprint density at radius 2 is 1.12 bits per heavy atom. The Balaban J connectivity index is 1.32. The number of fused-ring (bicyclic) bond motifs is 9. The van der Waals surface area contributed by atoms with Crippen molar-refractivity contribution in [1.29, 1.82) is 0 Å². The van der Waals surface area contributed by atoms with Crippen LogP contribution in [0, 0.1) is 0 Å². The molecule has 0 aliphatic heterocycles. The van der Waals surface area contributed by atoms with Crippen molar-refractivity contribution in [2.24, 2.45) is 0 Å². The number of anilines is 3. The van der Waals surface area contributed by atoms with E-state index in [2.05, 4.69) is 183 Å². The van der Waals surface area contributed by atoms with E-state index in [-0.39, 0.29) is 5.41 Å². The van der Waals surface area contributed by atoms with Crippen molar-refractivity contribution < 1.29 is 0 Å². The fourth-order valence-electron chi connectivity index (χ4n) is 8.30. The highest BCUT2D eigenvalue weighted by Crippen LogP contribution is 2.56. The molecule has 1 nitrogen and oxygen atoms in total. The van der Waals surface area contributed by atoms with Crippen LogP contribution in [0.5, 0.6) is 0 Å². The lowest BCUT2D eigenvalue weighted by molar-refractivity contribution is 0.660. The number of thiophene rings is 1. The van der Waals surface area contributed by atoms with E-state index in [0.717, 1.165) is 0 Å². The summed E-state index contributed by atoms with van der Waals surface area (Å²) in [5, 5.41) is 7.69. The molecule has 0 saturated heterocycles. The van der Waals surface area contributed by atoms with Crippen molar-refractivity contribution in [1.82, 2.24) is 0 Å². The van der Waals surface area contributed by atoms with Crippen LogP contribution >= 0.6 is 11.3 Å².